The SMILES string of the molecule is CCN(CC)c1ncc(CNc2cccc(Cl)c2Cl)s1. The second-order valence-corrected chi connectivity index (χ2v) is 6.12. The molecule has 0 radical (unpaired) electrons. The Labute approximate surface area is 133 Å². The summed E-state index contributed by atoms with van der Waals surface area (Å²) in [5.41, 5.74) is 0.844. The van der Waals surface area contributed by atoms with Crippen LogP contribution in [0.5, 0.6) is 0 Å². The van der Waals surface area contributed by atoms with Gasteiger partial charge in [0.25, 0.3) is 0 Å². The van der Waals surface area contributed by atoms with E-state index in [0.29, 0.717) is 16.6 Å². The van der Waals surface area contributed by atoms with E-state index in [-0.39, 0.29) is 0 Å². The average molecular weight is 330 g/mol. The standard InChI is InChI=1S/C14H17Cl2N3S/c1-3-19(4-2)14-18-9-10(20-14)8-17-12-7-5-6-11(15)13(12)16/h5-7,9,17H,3-4,8H2,1-2H3. The lowest BCUT2D eigenvalue weighted by molar-refractivity contribution is 0.860. The van der Waals surface area contributed by atoms with Gasteiger partial charge in [-0.05, 0) is 26.0 Å². The van der Waals surface area contributed by atoms with Crippen molar-refractivity contribution < 1.29 is 0 Å². The Balaban J connectivity index is 2.03. The molecule has 0 aliphatic rings. The fraction of sp³-hybridized carbons (Fsp3) is 0.357. The number of aromatic nitrogens is 1. The molecule has 0 fully saturated rings. The molecule has 3 nitrogen and oxygen atoms in total. The zero-order valence-corrected chi connectivity index (χ0v) is 13.8. The molecular weight excluding hydrogens is 313 g/mol. The molecule has 0 aliphatic heterocycles. The minimum Gasteiger partial charge on any atom is -0.379 e. The Morgan fingerprint density at radius 1 is 1.25 bits per heavy atom. The predicted octanol–water partition coefficient (Wildman–Crippen LogP) is 4.91. The molecule has 1 N–H and O–H groups in total. The number of halogens is 2. The van der Waals surface area contributed by atoms with Crippen molar-refractivity contribution in [2.45, 2.75) is 20.4 Å². The lowest BCUT2D eigenvalue weighted by atomic mass is 10.3. The molecule has 0 unspecified atom stereocenters. The van der Waals surface area contributed by atoms with Crippen molar-refractivity contribution in [2.24, 2.45) is 0 Å². The van der Waals surface area contributed by atoms with Gasteiger partial charge < -0.3 is 10.2 Å². The molecular formula is C14H17Cl2N3S. The number of nitrogens with one attached hydrogen (secondary N) is 1. The minimum absolute atomic E-state index is 0.558. The topological polar surface area (TPSA) is 28.2 Å². The molecule has 0 aliphatic carbocycles. The second-order valence-electron chi connectivity index (χ2n) is 4.24. The van der Waals surface area contributed by atoms with Gasteiger partial charge in [0, 0.05) is 24.2 Å². The van der Waals surface area contributed by atoms with Gasteiger partial charge in [0.05, 0.1) is 22.3 Å². The van der Waals surface area contributed by atoms with Gasteiger partial charge in [0.2, 0.25) is 0 Å². The molecule has 2 aromatic rings. The summed E-state index contributed by atoms with van der Waals surface area (Å²) in [6.45, 7) is 6.90. The van der Waals surface area contributed by atoms with Crippen LogP contribution in [-0.4, -0.2) is 18.1 Å². The molecule has 0 atom stereocenters. The number of hydrogen-bond acceptors (Lipinski definition) is 4. The van der Waals surface area contributed by atoms with E-state index in [2.05, 4.69) is 29.0 Å². The zero-order valence-electron chi connectivity index (χ0n) is 11.5. The number of thiazole rings is 1. The summed E-state index contributed by atoms with van der Waals surface area (Å²) in [6.07, 6.45) is 1.91. The fourth-order valence-corrected chi connectivity index (χ4v) is 3.19. The number of rotatable bonds is 6. The van der Waals surface area contributed by atoms with Crippen LogP contribution in [0, 0.1) is 0 Å². The fourth-order valence-electron chi connectivity index (χ4n) is 1.84. The van der Waals surface area contributed by atoms with Crippen LogP contribution >= 0.6 is 34.5 Å². The van der Waals surface area contributed by atoms with Crippen molar-refractivity contribution in [1.29, 1.82) is 0 Å². The molecule has 0 saturated carbocycles. The largest absolute Gasteiger partial charge is 0.379 e. The highest BCUT2D eigenvalue weighted by Crippen LogP contribution is 2.30. The van der Waals surface area contributed by atoms with Gasteiger partial charge in [-0.3, -0.25) is 0 Å². The quantitative estimate of drug-likeness (QED) is 0.816. The normalized spacial score (nSPS) is 10.6. The van der Waals surface area contributed by atoms with Gasteiger partial charge in [-0.2, -0.15) is 0 Å². The highest BCUT2D eigenvalue weighted by atomic mass is 35.5. The Hall–Kier alpha value is -0.970. The van der Waals surface area contributed by atoms with E-state index in [4.69, 9.17) is 23.2 Å². The first kappa shape index (κ1) is 15.4. The first-order valence-electron chi connectivity index (χ1n) is 6.53. The van der Waals surface area contributed by atoms with Gasteiger partial charge in [-0.25, -0.2) is 4.98 Å². The smallest absolute Gasteiger partial charge is 0.185 e. The highest BCUT2D eigenvalue weighted by molar-refractivity contribution is 7.15. The van der Waals surface area contributed by atoms with Crippen molar-refractivity contribution in [3.8, 4) is 0 Å². The van der Waals surface area contributed by atoms with Gasteiger partial charge in [-0.1, -0.05) is 29.3 Å². The highest BCUT2D eigenvalue weighted by Gasteiger charge is 2.08. The van der Waals surface area contributed by atoms with E-state index in [1.54, 1.807) is 17.4 Å². The maximum atomic E-state index is 6.15. The van der Waals surface area contributed by atoms with Crippen LogP contribution < -0.4 is 10.2 Å². The summed E-state index contributed by atoms with van der Waals surface area (Å²) in [5.74, 6) is 0. The molecule has 0 amide bonds. The van der Waals surface area contributed by atoms with E-state index in [0.717, 1.165) is 23.9 Å². The predicted molar refractivity (Wildman–Crippen MR) is 89.5 cm³/mol. The number of nitrogens with zero attached hydrogens (tertiary/aromatic N) is 2. The van der Waals surface area contributed by atoms with Crippen LogP contribution in [0.25, 0.3) is 0 Å². The average Bonchev–Trinajstić information content (AvgIpc) is 2.91. The monoisotopic (exact) mass is 329 g/mol. The summed E-state index contributed by atoms with van der Waals surface area (Å²) in [6, 6.07) is 5.57. The summed E-state index contributed by atoms with van der Waals surface area (Å²) >= 11 is 13.8. The van der Waals surface area contributed by atoms with Crippen LogP contribution in [0.4, 0.5) is 10.8 Å². The Bertz CT molecular complexity index is 567. The van der Waals surface area contributed by atoms with E-state index in [1.165, 1.54) is 4.88 Å². The molecule has 1 aromatic heterocycles. The van der Waals surface area contributed by atoms with Gasteiger partial charge in [0.1, 0.15) is 0 Å². The van der Waals surface area contributed by atoms with Crippen LogP contribution in [0.1, 0.15) is 18.7 Å². The van der Waals surface area contributed by atoms with Crippen LogP contribution in [-0.2, 0) is 6.54 Å². The maximum absolute atomic E-state index is 6.15. The Morgan fingerprint density at radius 2 is 2.00 bits per heavy atom. The summed E-state index contributed by atoms with van der Waals surface area (Å²) in [4.78, 5) is 7.86. The Morgan fingerprint density at radius 3 is 2.70 bits per heavy atom. The lowest BCUT2D eigenvalue weighted by Crippen LogP contribution is -2.21. The van der Waals surface area contributed by atoms with Crippen molar-refractivity contribution in [3.63, 3.8) is 0 Å². The molecule has 1 aromatic carbocycles. The van der Waals surface area contributed by atoms with Crippen molar-refractivity contribution in [1.82, 2.24) is 4.98 Å². The number of hydrogen-bond donors (Lipinski definition) is 1. The van der Waals surface area contributed by atoms with E-state index >= 15 is 0 Å². The lowest BCUT2D eigenvalue weighted by Gasteiger charge is -2.16. The van der Waals surface area contributed by atoms with Crippen molar-refractivity contribution in [2.75, 3.05) is 23.3 Å². The molecule has 1 heterocycles. The van der Waals surface area contributed by atoms with Gasteiger partial charge >= 0.3 is 0 Å². The summed E-state index contributed by atoms with van der Waals surface area (Å²) in [5, 5.41) is 5.47. The summed E-state index contributed by atoms with van der Waals surface area (Å²) < 4.78 is 0. The molecule has 20 heavy (non-hydrogen) atoms. The number of benzene rings is 1. The molecule has 0 saturated heterocycles. The second kappa shape index (κ2) is 7.16. The number of anilines is 2. The zero-order chi connectivity index (χ0) is 14.5. The third-order valence-corrected chi connectivity index (χ3v) is 4.86. The van der Waals surface area contributed by atoms with E-state index < -0.39 is 0 Å². The van der Waals surface area contributed by atoms with Crippen molar-refractivity contribution >= 4 is 45.4 Å². The molecule has 0 spiro atoms. The van der Waals surface area contributed by atoms with Gasteiger partial charge in [0.15, 0.2) is 5.13 Å². The van der Waals surface area contributed by atoms with Gasteiger partial charge in [-0.15, -0.1) is 11.3 Å². The third kappa shape index (κ3) is 3.57. The third-order valence-electron chi connectivity index (χ3n) is 2.98. The molecule has 2 rings (SSSR count). The maximum Gasteiger partial charge on any atom is 0.185 e. The molecule has 6 heteroatoms. The summed E-state index contributed by atoms with van der Waals surface area (Å²) in [7, 11) is 0. The van der Waals surface area contributed by atoms with E-state index in [1.807, 2.05) is 18.3 Å². The minimum atomic E-state index is 0.558. The Kier molecular flexibility index (Phi) is 5.52. The van der Waals surface area contributed by atoms with Crippen LogP contribution in [0.2, 0.25) is 10.0 Å². The van der Waals surface area contributed by atoms with E-state index in [9.17, 15) is 0 Å². The first-order chi connectivity index (χ1) is 9.65. The first-order valence-corrected chi connectivity index (χ1v) is 8.10. The van der Waals surface area contributed by atoms with Crippen molar-refractivity contribution in [3.05, 3.63) is 39.3 Å². The molecule has 0 bridgehead atoms. The van der Waals surface area contributed by atoms with Crippen LogP contribution in [0.15, 0.2) is 24.4 Å². The van der Waals surface area contributed by atoms with Crippen LogP contribution in [0.3, 0.4) is 0 Å². The molecule has 108 valence electrons.